The highest BCUT2D eigenvalue weighted by Gasteiger charge is 2.57. The smallest absolute Gasteiger partial charge is 0.313 e. The van der Waals surface area contributed by atoms with Crippen LogP contribution in [0.4, 0.5) is 0 Å². The SMILES string of the molecule is [2H]C([2H])Oc1ccc(-c2cccc3c2CCC3=O)c(OC(CC)C2(C(=O)O)CC2)c1OC. The minimum Gasteiger partial charge on any atom is -0.493 e. The van der Waals surface area contributed by atoms with Gasteiger partial charge in [-0.05, 0) is 48.9 Å². The zero-order valence-electron chi connectivity index (χ0n) is 19.1. The van der Waals surface area contributed by atoms with E-state index < -0.39 is 24.6 Å². The van der Waals surface area contributed by atoms with Crippen molar-refractivity contribution in [3.63, 3.8) is 0 Å². The van der Waals surface area contributed by atoms with Crippen molar-refractivity contribution in [3.05, 3.63) is 41.5 Å². The highest BCUT2D eigenvalue weighted by Crippen LogP contribution is 2.54. The number of fused-ring (bicyclic) bond motifs is 1. The van der Waals surface area contributed by atoms with Crippen molar-refractivity contribution in [1.29, 1.82) is 0 Å². The molecule has 0 bridgehead atoms. The molecular formula is C24H26O6. The number of carboxylic acids is 1. The number of benzene rings is 2. The number of carboxylic acid groups (broad SMARTS) is 1. The lowest BCUT2D eigenvalue weighted by atomic mass is 9.94. The molecule has 2 aliphatic carbocycles. The standard InChI is InChI=1S/C24H26O6/c1-4-20(24(12-13-24)23(26)27)30-21-17(9-11-19(28-2)22(21)29-3)14-6-5-7-16-15(14)8-10-18(16)25/h5-7,9,11,20H,4,8,10,12-13H2,1-3H3,(H,26,27)/i2D2. The summed E-state index contributed by atoms with van der Waals surface area (Å²) >= 11 is 0. The second-order valence-corrected chi connectivity index (χ2v) is 7.82. The third kappa shape index (κ3) is 3.11. The van der Waals surface area contributed by atoms with E-state index in [0.717, 1.165) is 11.1 Å². The Morgan fingerprint density at radius 2 is 1.90 bits per heavy atom. The van der Waals surface area contributed by atoms with Crippen LogP contribution in [-0.4, -0.2) is 37.1 Å². The Balaban J connectivity index is 1.88. The van der Waals surface area contributed by atoms with Gasteiger partial charge in [-0.1, -0.05) is 25.1 Å². The molecule has 2 aromatic carbocycles. The molecule has 0 aliphatic heterocycles. The molecule has 1 fully saturated rings. The lowest BCUT2D eigenvalue weighted by Crippen LogP contribution is -2.34. The summed E-state index contributed by atoms with van der Waals surface area (Å²) in [6, 6.07) is 8.90. The molecule has 4 rings (SSSR count). The number of methoxy groups -OCH3 is 2. The summed E-state index contributed by atoms with van der Waals surface area (Å²) in [5, 5.41) is 9.80. The minimum atomic E-state index is -1.57. The Morgan fingerprint density at radius 3 is 2.53 bits per heavy atom. The first-order valence-corrected chi connectivity index (χ1v) is 10.1. The van der Waals surface area contributed by atoms with Gasteiger partial charge in [-0.15, -0.1) is 0 Å². The van der Waals surface area contributed by atoms with E-state index in [1.165, 1.54) is 7.11 Å². The molecular weight excluding hydrogens is 384 g/mol. The van der Waals surface area contributed by atoms with Gasteiger partial charge in [-0.25, -0.2) is 0 Å². The molecule has 1 unspecified atom stereocenters. The summed E-state index contributed by atoms with van der Waals surface area (Å²) in [7, 11) is -0.136. The number of Topliss-reactive ketones (excluding diaryl/α,β-unsaturated/α-hetero) is 1. The van der Waals surface area contributed by atoms with Crippen molar-refractivity contribution in [3.8, 4) is 28.4 Å². The van der Waals surface area contributed by atoms with E-state index in [1.807, 2.05) is 25.1 Å². The Kier molecular flexibility index (Phi) is 4.55. The quantitative estimate of drug-likeness (QED) is 0.686. The first kappa shape index (κ1) is 17.8. The number of hydrogen-bond donors (Lipinski definition) is 1. The van der Waals surface area contributed by atoms with Gasteiger partial charge in [-0.3, -0.25) is 9.59 Å². The fourth-order valence-corrected chi connectivity index (χ4v) is 4.44. The van der Waals surface area contributed by atoms with Crippen molar-refractivity contribution < 1.29 is 31.6 Å². The zero-order chi connectivity index (χ0) is 23.0. The lowest BCUT2D eigenvalue weighted by Gasteiger charge is -2.27. The van der Waals surface area contributed by atoms with Gasteiger partial charge in [0.05, 0.1) is 16.9 Å². The molecule has 0 spiro atoms. The fourth-order valence-electron chi connectivity index (χ4n) is 4.44. The van der Waals surface area contributed by atoms with Crippen molar-refractivity contribution in [2.45, 2.75) is 45.1 Å². The largest absolute Gasteiger partial charge is 0.493 e. The van der Waals surface area contributed by atoms with Crippen LogP contribution in [0.2, 0.25) is 0 Å². The van der Waals surface area contributed by atoms with Gasteiger partial charge in [0, 0.05) is 17.5 Å². The Bertz CT molecular complexity index is 1060. The molecule has 2 aromatic rings. The molecule has 1 atom stereocenters. The maximum absolute atomic E-state index is 12.3. The van der Waals surface area contributed by atoms with Crippen LogP contribution in [0.15, 0.2) is 30.3 Å². The molecule has 6 heteroatoms. The van der Waals surface area contributed by atoms with E-state index in [9.17, 15) is 14.7 Å². The van der Waals surface area contributed by atoms with Crippen LogP contribution in [0.25, 0.3) is 11.1 Å². The highest BCUT2D eigenvalue weighted by molar-refractivity contribution is 6.02. The molecule has 1 N–H and O–H groups in total. The van der Waals surface area contributed by atoms with Gasteiger partial charge in [0.15, 0.2) is 17.3 Å². The average Bonchev–Trinajstić information content (AvgIpc) is 3.49. The van der Waals surface area contributed by atoms with E-state index in [1.54, 1.807) is 12.1 Å². The summed E-state index contributed by atoms with van der Waals surface area (Å²) in [5.74, 6) is -0.121. The van der Waals surface area contributed by atoms with Crippen molar-refractivity contribution in [2.24, 2.45) is 5.41 Å². The number of hydrogen-bond acceptors (Lipinski definition) is 5. The predicted octanol–water partition coefficient (Wildman–Crippen LogP) is 4.52. The molecule has 0 heterocycles. The maximum Gasteiger partial charge on any atom is 0.313 e. The number of ether oxygens (including phenoxy) is 3. The van der Waals surface area contributed by atoms with Crippen molar-refractivity contribution >= 4 is 11.8 Å². The van der Waals surface area contributed by atoms with E-state index in [0.29, 0.717) is 49.0 Å². The Hall–Kier alpha value is -3.02. The fraction of sp³-hybridized carbons (Fsp3) is 0.417. The predicted molar refractivity (Wildman–Crippen MR) is 112 cm³/mol. The second kappa shape index (κ2) is 7.67. The Labute approximate surface area is 178 Å². The lowest BCUT2D eigenvalue weighted by molar-refractivity contribution is -0.147. The summed E-state index contributed by atoms with van der Waals surface area (Å²) < 4.78 is 32.2. The monoisotopic (exact) mass is 412 g/mol. The molecule has 2 aliphatic rings. The molecule has 6 nitrogen and oxygen atoms in total. The normalized spacial score (nSPS) is 18.3. The summed E-state index contributed by atoms with van der Waals surface area (Å²) in [6.45, 7) is 1.88. The second-order valence-electron chi connectivity index (χ2n) is 7.82. The average molecular weight is 412 g/mol. The highest BCUT2D eigenvalue weighted by atomic mass is 16.5. The van der Waals surface area contributed by atoms with Gasteiger partial charge in [0.25, 0.3) is 0 Å². The third-order valence-corrected chi connectivity index (χ3v) is 6.24. The van der Waals surface area contributed by atoms with Crippen LogP contribution in [0.1, 0.15) is 51.3 Å². The van der Waals surface area contributed by atoms with Gasteiger partial charge < -0.3 is 19.3 Å². The van der Waals surface area contributed by atoms with Crippen LogP contribution in [0.5, 0.6) is 17.2 Å². The number of carbonyl (C=O) groups is 2. The maximum atomic E-state index is 12.3. The molecule has 158 valence electrons. The summed E-state index contributed by atoms with van der Waals surface area (Å²) in [5.41, 5.74) is 2.13. The molecule has 0 saturated heterocycles. The van der Waals surface area contributed by atoms with E-state index >= 15 is 0 Å². The van der Waals surface area contributed by atoms with Gasteiger partial charge in [0.1, 0.15) is 11.5 Å². The van der Waals surface area contributed by atoms with Gasteiger partial charge in [0.2, 0.25) is 5.75 Å². The zero-order valence-corrected chi connectivity index (χ0v) is 17.1. The molecule has 30 heavy (non-hydrogen) atoms. The van der Waals surface area contributed by atoms with E-state index in [-0.39, 0.29) is 17.3 Å². The minimum absolute atomic E-state index is 0.0942. The van der Waals surface area contributed by atoms with Crippen LogP contribution < -0.4 is 14.2 Å². The first-order chi connectivity index (χ1) is 15.3. The Morgan fingerprint density at radius 1 is 1.13 bits per heavy atom. The van der Waals surface area contributed by atoms with Crippen LogP contribution in [-0.2, 0) is 11.2 Å². The van der Waals surface area contributed by atoms with E-state index in [2.05, 4.69) is 0 Å². The molecule has 0 aromatic heterocycles. The van der Waals surface area contributed by atoms with E-state index in [4.69, 9.17) is 17.0 Å². The number of carbonyl (C=O) groups excluding carboxylic acids is 1. The number of ketones is 1. The molecule has 0 amide bonds. The van der Waals surface area contributed by atoms with Crippen molar-refractivity contribution in [2.75, 3.05) is 14.2 Å². The van der Waals surface area contributed by atoms with Gasteiger partial charge >= 0.3 is 5.97 Å². The van der Waals surface area contributed by atoms with Crippen molar-refractivity contribution in [1.82, 2.24) is 0 Å². The molecule has 0 radical (unpaired) electrons. The molecule has 1 saturated carbocycles. The number of aliphatic carboxylic acids is 1. The summed E-state index contributed by atoms with van der Waals surface area (Å²) in [6.07, 6.45) is 2.01. The first-order valence-electron chi connectivity index (χ1n) is 11.3. The van der Waals surface area contributed by atoms with Crippen LogP contribution in [0.3, 0.4) is 0 Å². The van der Waals surface area contributed by atoms with Crippen LogP contribution >= 0.6 is 0 Å². The summed E-state index contributed by atoms with van der Waals surface area (Å²) in [4.78, 5) is 24.3. The van der Waals surface area contributed by atoms with Gasteiger partial charge in [-0.2, -0.15) is 0 Å². The number of rotatable bonds is 8. The topological polar surface area (TPSA) is 82.1 Å². The third-order valence-electron chi connectivity index (χ3n) is 6.24. The van der Waals surface area contributed by atoms with Crippen LogP contribution in [0, 0.1) is 5.41 Å².